The quantitative estimate of drug-likeness (QED) is 0.907. The Balaban J connectivity index is 2.06. The van der Waals surface area contributed by atoms with Crippen molar-refractivity contribution in [2.45, 2.75) is 44.7 Å². The van der Waals surface area contributed by atoms with E-state index in [0.29, 0.717) is 11.3 Å². The van der Waals surface area contributed by atoms with Gasteiger partial charge in [0.05, 0.1) is 19.2 Å². The van der Waals surface area contributed by atoms with Crippen LogP contribution < -0.4 is 10.1 Å². The summed E-state index contributed by atoms with van der Waals surface area (Å²) in [6, 6.07) is 8.53. The number of para-hydroxylation sites is 1. The Labute approximate surface area is 138 Å². The van der Waals surface area contributed by atoms with Crippen LogP contribution in [0.25, 0.3) is 0 Å². The van der Waals surface area contributed by atoms with Crippen molar-refractivity contribution in [1.29, 1.82) is 5.26 Å². The van der Waals surface area contributed by atoms with Gasteiger partial charge in [0.15, 0.2) is 0 Å². The topological polar surface area (TPSA) is 65.4 Å². The van der Waals surface area contributed by atoms with Crippen LogP contribution in [0.4, 0.5) is 0 Å². The molecule has 1 aromatic rings. The average Bonchev–Trinajstić information content (AvgIpc) is 2.88. The monoisotopic (exact) mass is 315 g/mol. The highest BCUT2D eigenvalue weighted by Gasteiger charge is 2.25. The Hall–Kier alpha value is -2.06. The summed E-state index contributed by atoms with van der Waals surface area (Å²) in [5.41, 5.74) is 0.689. The van der Waals surface area contributed by atoms with E-state index < -0.39 is 6.04 Å². The van der Waals surface area contributed by atoms with E-state index in [1.165, 1.54) is 12.8 Å². The van der Waals surface area contributed by atoms with Crippen LogP contribution in [0.15, 0.2) is 24.3 Å². The second-order valence-corrected chi connectivity index (χ2v) is 5.94. The van der Waals surface area contributed by atoms with Gasteiger partial charge >= 0.3 is 0 Å². The van der Waals surface area contributed by atoms with Crippen LogP contribution in [-0.2, 0) is 4.79 Å². The number of rotatable bonds is 5. The van der Waals surface area contributed by atoms with Crippen molar-refractivity contribution in [3.05, 3.63) is 29.8 Å². The van der Waals surface area contributed by atoms with Crippen molar-refractivity contribution in [1.82, 2.24) is 10.2 Å². The fraction of sp³-hybridized carbons (Fsp3) is 0.556. The van der Waals surface area contributed by atoms with Gasteiger partial charge in [-0.3, -0.25) is 9.69 Å². The van der Waals surface area contributed by atoms with Crippen molar-refractivity contribution in [2.24, 2.45) is 0 Å². The number of nitriles is 1. The lowest BCUT2D eigenvalue weighted by atomic mass is 10.1. The number of nitrogens with zero attached hydrogens (tertiary/aromatic N) is 2. The fourth-order valence-corrected chi connectivity index (χ4v) is 3.00. The van der Waals surface area contributed by atoms with E-state index in [0.717, 1.165) is 25.9 Å². The number of carbonyl (C=O) groups is 1. The fourth-order valence-electron chi connectivity index (χ4n) is 3.00. The number of hydrogen-bond acceptors (Lipinski definition) is 4. The third kappa shape index (κ3) is 4.46. The molecule has 1 saturated heterocycles. The zero-order valence-electron chi connectivity index (χ0n) is 13.9. The van der Waals surface area contributed by atoms with Gasteiger partial charge in [0.1, 0.15) is 11.8 Å². The largest absolute Gasteiger partial charge is 0.496 e. The van der Waals surface area contributed by atoms with Crippen LogP contribution in [-0.4, -0.2) is 37.0 Å². The predicted octanol–water partition coefficient (Wildman–Crippen LogP) is 2.64. The maximum atomic E-state index is 12.6. The molecule has 0 bridgehead atoms. The molecule has 0 aromatic heterocycles. The summed E-state index contributed by atoms with van der Waals surface area (Å²) < 4.78 is 5.29. The molecule has 2 rings (SSSR count). The summed E-state index contributed by atoms with van der Waals surface area (Å²) in [4.78, 5) is 14.8. The summed E-state index contributed by atoms with van der Waals surface area (Å²) in [6.07, 6.45) is 4.72. The molecule has 23 heavy (non-hydrogen) atoms. The standard InChI is InChI=1S/C18H25N3O2/c1-14(21-11-7-3-4-8-12-21)18(22)20-16(13-19)15-9-5-6-10-17(15)23-2/h5-6,9-10,14,16H,3-4,7-8,11-12H2,1-2H3,(H,20,22). The first-order valence-electron chi connectivity index (χ1n) is 8.24. The van der Waals surface area contributed by atoms with Gasteiger partial charge in [-0.1, -0.05) is 31.0 Å². The lowest BCUT2D eigenvalue weighted by molar-refractivity contribution is -0.126. The molecule has 0 aliphatic carbocycles. The van der Waals surface area contributed by atoms with Gasteiger partial charge in [-0.25, -0.2) is 0 Å². The zero-order chi connectivity index (χ0) is 16.7. The number of nitrogens with one attached hydrogen (secondary N) is 1. The Bertz CT molecular complexity index is 560. The molecule has 1 fully saturated rings. The summed E-state index contributed by atoms with van der Waals surface area (Å²) in [6.45, 7) is 3.80. The third-order valence-electron chi connectivity index (χ3n) is 4.43. The van der Waals surface area contributed by atoms with Gasteiger partial charge in [-0.2, -0.15) is 5.26 Å². The van der Waals surface area contributed by atoms with E-state index in [4.69, 9.17) is 4.74 Å². The predicted molar refractivity (Wildman–Crippen MR) is 89.0 cm³/mol. The molecule has 2 atom stereocenters. The maximum absolute atomic E-state index is 12.6. The third-order valence-corrected chi connectivity index (χ3v) is 4.43. The Morgan fingerprint density at radius 3 is 2.52 bits per heavy atom. The smallest absolute Gasteiger partial charge is 0.238 e. The number of methoxy groups -OCH3 is 1. The summed E-state index contributed by atoms with van der Waals surface area (Å²) in [7, 11) is 1.56. The van der Waals surface area contributed by atoms with Gasteiger partial charge in [-0.15, -0.1) is 0 Å². The maximum Gasteiger partial charge on any atom is 0.238 e. The minimum absolute atomic E-state index is 0.107. The number of carbonyl (C=O) groups excluding carboxylic acids is 1. The molecule has 1 aromatic carbocycles. The molecule has 1 aliphatic rings. The molecule has 1 amide bonds. The minimum atomic E-state index is -0.701. The van der Waals surface area contributed by atoms with E-state index in [1.54, 1.807) is 13.2 Å². The van der Waals surface area contributed by atoms with E-state index >= 15 is 0 Å². The SMILES string of the molecule is COc1ccccc1C(C#N)NC(=O)C(C)N1CCCCCC1. The summed E-state index contributed by atoms with van der Waals surface area (Å²) >= 11 is 0. The second-order valence-electron chi connectivity index (χ2n) is 5.94. The molecule has 1 aliphatic heterocycles. The summed E-state index contributed by atoms with van der Waals surface area (Å²) in [5.74, 6) is 0.506. The molecular weight excluding hydrogens is 290 g/mol. The number of benzene rings is 1. The van der Waals surface area contributed by atoms with Crippen LogP contribution in [0.3, 0.4) is 0 Å². The molecule has 0 radical (unpaired) electrons. The first-order valence-corrected chi connectivity index (χ1v) is 8.24. The van der Waals surface area contributed by atoms with Crippen molar-refractivity contribution in [3.63, 3.8) is 0 Å². The van der Waals surface area contributed by atoms with Gasteiger partial charge in [0, 0.05) is 5.56 Å². The lowest BCUT2D eigenvalue weighted by Gasteiger charge is -2.27. The normalized spacial score (nSPS) is 18.3. The average molecular weight is 315 g/mol. The molecule has 0 saturated carbocycles. The highest BCUT2D eigenvalue weighted by atomic mass is 16.5. The van der Waals surface area contributed by atoms with Gasteiger partial charge in [-0.05, 0) is 38.9 Å². The molecular formula is C18H25N3O2. The van der Waals surface area contributed by atoms with Gasteiger partial charge in [0.2, 0.25) is 5.91 Å². The zero-order valence-corrected chi connectivity index (χ0v) is 13.9. The Morgan fingerprint density at radius 1 is 1.26 bits per heavy atom. The molecule has 5 nitrogen and oxygen atoms in total. The molecule has 124 valence electrons. The molecule has 2 unspecified atom stereocenters. The number of hydrogen-bond donors (Lipinski definition) is 1. The van der Waals surface area contributed by atoms with Crippen molar-refractivity contribution >= 4 is 5.91 Å². The first kappa shape index (κ1) is 17.3. The first-order chi connectivity index (χ1) is 11.2. The van der Waals surface area contributed by atoms with Gasteiger partial charge < -0.3 is 10.1 Å². The molecule has 1 N–H and O–H groups in total. The van der Waals surface area contributed by atoms with E-state index in [-0.39, 0.29) is 11.9 Å². The number of ether oxygens (including phenoxy) is 1. The van der Waals surface area contributed by atoms with E-state index in [9.17, 15) is 10.1 Å². The summed E-state index contributed by atoms with van der Waals surface area (Å²) in [5, 5.41) is 12.3. The van der Waals surface area contributed by atoms with Crippen LogP contribution in [0, 0.1) is 11.3 Å². The van der Waals surface area contributed by atoms with Crippen LogP contribution in [0.2, 0.25) is 0 Å². The van der Waals surface area contributed by atoms with Crippen molar-refractivity contribution in [3.8, 4) is 11.8 Å². The lowest BCUT2D eigenvalue weighted by Crippen LogP contribution is -2.46. The van der Waals surface area contributed by atoms with Crippen LogP contribution in [0.5, 0.6) is 5.75 Å². The van der Waals surface area contributed by atoms with E-state index in [1.807, 2.05) is 25.1 Å². The molecule has 0 spiro atoms. The van der Waals surface area contributed by atoms with Crippen molar-refractivity contribution in [2.75, 3.05) is 20.2 Å². The Morgan fingerprint density at radius 2 is 1.91 bits per heavy atom. The highest BCUT2D eigenvalue weighted by Crippen LogP contribution is 2.24. The second kappa shape index (κ2) is 8.54. The molecule has 5 heteroatoms. The van der Waals surface area contributed by atoms with Gasteiger partial charge in [0.25, 0.3) is 0 Å². The highest BCUT2D eigenvalue weighted by molar-refractivity contribution is 5.82. The molecule has 1 heterocycles. The van der Waals surface area contributed by atoms with E-state index in [2.05, 4.69) is 16.3 Å². The number of amides is 1. The van der Waals surface area contributed by atoms with Crippen molar-refractivity contribution < 1.29 is 9.53 Å². The van der Waals surface area contributed by atoms with Crippen LogP contribution >= 0.6 is 0 Å². The Kier molecular flexibility index (Phi) is 6.42. The number of likely N-dealkylation sites (tertiary alicyclic amines) is 1. The van der Waals surface area contributed by atoms with Crippen LogP contribution in [0.1, 0.15) is 44.2 Å². The minimum Gasteiger partial charge on any atom is -0.496 e.